The van der Waals surface area contributed by atoms with Crippen LogP contribution in [0.3, 0.4) is 0 Å². The molecule has 0 saturated heterocycles. The van der Waals surface area contributed by atoms with Gasteiger partial charge in [-0.25, -0.2) is 9.78 Å². The number of para-hydroxylation sites is 1. The smallest absolute Gasteiger partial charge is 0.337 e. The Hall–Kier alpha value is -4.12. The molecule has 0 spiro atoms. The number of hydrogen-bond donors (Lipinski definition) is 2. The zero-order valence-electron chi connectivity index (χ0n) is 19.7. The largest absolute Gasteiger partial charge is 0.478 e. The van der Waals surface area contributed by atoms with Crippen LogP contribution in [0.5, 0.6) is 0 Å². The predicted octanol–water partition coefficient (Wildman–Crippen LogP) is 7.71. The van der Waals surface area contributed by atoms with Gasteiger partial charge in [0.1, 0.15) is 11.1 Å². The second-order valence-electron chi connectivity index (χ2n) is 9.46. The van der Waals surface area contributed by atoms with Crippen LogP contribution in [-0.4, -0.2) is 16.1 Å². The van der Waals surface area contributed by atoms with Crippen LogP contribution in [0.4, 0.5) is 5.69 Å². The third-order valence-electron chi connectivity index (χ3n) is 6.79. The van der Waals surface area contributed by atoms with Gasteiger partial charge >= 0.3 is 5.97 Å². The fraction of sp³-hybridized carbons (Fsp3) is 0.200. The first-order valence-electron chi connectivity index (χ1n) is 12.0. The molecular weight excluding hydrogens is 436 g/mol. The van der Waals surface area contributed by atoms with Crippen molar-refractivity contribution in [3.63, 3.8) is 0 Å². The molecule has 2 N–H and O–H groups in total. The first kappa shape index (κ1) is 21.4. The van der Waals surface area contributed by atoms with Crippen molar-refractivity contribution >= 4 is 33.7 Å². The quantitative estimate of drug-likeness (QED) is 0.270. The van der Waals surface area contributed by atoms with Gasteiger partial charge in [0.2, 0.25) is 0 Å². The van der Waals surface area contributed by atoms with E-state index in [2.05, 4.69) is 42.6 Å². The minimum atomic E-state index is -0.956. The van der Waals surface area contributed by atoms with E-state index in [1.165, 1.54) is 12.8 Å². The van der Waals surface area contributed by atoms with E-state index in [-0.39, 0.29) is 11.6 Å². The van der Waals surface area contributed by atoms with E-state index in [9.17, 15) is 9.90 Å². The predicted molar refractivity (Wildman–Crippen MR) is 139 cm³/mol. The molecule has 1 atom stereocenters. The number of rotatable bonds is 6. The summed E-state index contributed by atoms with van der Waals surface area (Å²) in [6.07, 6.45) is 2.35. The average molecular weight is 463 g/mol. The maximum atomic E-state index is 11.7. The van der Waals surface area contributed by atoms with E-state index in [1.54, 1.807) is 18.2 Å². The Kier molecular flexibility index (Phi) is 5.06. The summed E-state index contributed by atoms with van der Waals surface area (Å²) in [5, 5.41) is 14.0. The van der Waals surface area contributed by atoms with Gasteiger partial charge in [0, 0.05) is 33.8 Å². The topological polar surface area (TPSA) is 75.4 Å². The maximum Gasteiger partial charge on any atom is 0.337 e. The van der Waals surface area contributed by atoms with Crippen LogP contribution in [0.2, 0.25) is 0 Å². The lowest BCUT2D eigenvalue weighted by molar-refractivity contribution is 0.0698. The maximum absolute atomic E-state index is 11.7. The van der Waals surface area contributed by atoms with Crippen LogP contribution >= 0.6 is 0 Å². The molecule has 0 bridgehead atoms. The minimum absolute atomic E-state index is 0.179. The van der Waals surface area contributed by atoms with Gasteiger partial charge in [-0.3, -0.25) is 0 Å². The van der Waals surface area contributed by atoms with Crippen molar-refractivity contribution in [1.29, 1.82) is 0 Å². The molecule has 0 unspecified atom stereocenters. The Morgan fingerprint density at radius 2 is 1.77 bits per heavy atom. The highest BCUT2D eigenvalue weighted by Crippen LogP contribution is 2.44. The van der Waals surface area contributed by atoms with Crippen LogP contribution in [0.25, 0.3) is 33.2 Å². The summed E-state index contributed by atoms with van der Waals surface area (Å²) in [6.45, 7) is 4.10. The summed E-state index contributed by atoms with van der Waals surface area (Å²) in [5.74, 6) is -0.438. The zero-order chi connectivity index (χ0) is 24.1. The van der Waals surface area contributed by atoms with Gasteiger partial charge in [-0.05, 0) is 62.1 Å². The van der Waals surface area contributed by atoms with Crippen LogP contribution in [-0.2, 0) is 0 Å². The molecule has 35 heavy (non-hydrogen) atoms. The number of carbonyl (C=O) groups is 1. The van der Waals surface area contributed by atoms with Gasteiger partial charge in [-0.1, -0.05) is 48.5 Å². The fourth-order valence-electron chi connectivity index (χ4n) is 4.88. The van der Waals surface area contributed by atoms with Crippen molar-refractivity contribution < 1.29 is 14.3 Å². The second kappa shape index (κ2) is 8.27. The van der Waals surface area contributed by atoms with Crippen LogP contribution in [0.1, 0.15) is 58.9 Å². The summed E-state index contributed by atoms with van der Waals surface area (Å²) in [5.41, 5.74) is 8.69. The lowest BCUT2D eigenvalue weighted by Gasteiger charge is -2.18. The van der Waals surface area contributed by atoms with Crippen LogP contribution < -0.4 is 5.32 Å². The monoisotopic (exact) mass is 462 g/mol. The van der Waals surface area contributed by atoms with Crippen LogP contribution in [0.15, 0.2) is 77.2 Å². The molecule has 1 aliphatic rings. The Bertz CT molecular complexity index is 1580. The van der Waals surface area contributed by atoms with E-state index in [1.807, 2.05) is 31.2 Å². The van der Waals surface area contributed by atoms with E-state index in [4.69, 9.17) is 9.40 Å². The highest BCUT2D eigenvalue weighted by Gasteiger charge is 2.28. The standard InChI is InChI=1S/C30H26N2O3/c1-17-14-22(18(2)31-25-11-7-6-10-21(25)30(33)34)28-24(15-17)27-29(35-28)23(19-8-4-3-5-9-19)16-26(32-27)20-12-13-20/h3-11,14-16,18,20,31H,12-13H2,1-2H3,(H,33,34)/t18-/m1/s1. The molecular formula is C30H26N2O3. The molecule has 5 aromatic rings. The Morgan fingerprint density at radius 3 is 2.51 bits per heavy atom. The van der Waals surface area contributed by atoms with Gasteiger partial charge in [0.25, 0.3) is 0 Å². The number of aromatic carboxylic acids is 1. The molecule has 5 nitrogen and oxygen atoms in total. The summed E-state index contributed by atoms with van der Waals surface area (Å²) >= 11 is 0. The molecule has 2 aromatic heterocycles. The summed E-state index contributed by atoms with van der Waals surface area (Å²) in [6, 6.07) is 23.6. The molecule has 6 rings (SSSR count). The fourth-order valence-corrected chi connectivity index (χ4v) is 4.88. The summed E-state index contributed by atoms with van der Waals surface area (Å²) in [7, 11) is 0. The Morgan fingerprint density at radius 1 is 1.03 bits per heavy atom. The van der Waals surface area contributed by atoms with E-state index in [0.717, 1.165) is 50.0 Å². The number of carboxylic acid groups (broad SMARTS) is 1. The molecule has 0 amide bonds. The summed E-state index contributed by atoms with van der Waals surface area (Å²) in [4.78, 5) is 16.8. The van der Waals surface area contributed by atoms with Gasteiger partial charge < -0.3 is 14.8 Å². The minimum Gasteiger partial charge on any atom is -0.478 e. The highest BCUT2D eigenvalue weighted by molar-refractivity contribution is 6.08. The lowest BCUT2D eigenvalue weighted by atomic mass is 10.00. The van der Waals surface area contributed by atoms with Crippen molar-refractivity contribution in [2.75, 3.05) is 5.32 Å². The normalized spacial score (nSPS) is 14.3. The number of hydrogen-bond acceptors (Lipinski definition) is 4. The summed E-state index contributed by atoms with van der Waals surface area (Å²) < 4.78 is 6.60. The number of pyridine rings is 1. The Labute approximate surface area is 203 Å². The number of aromatic nitrogens is 1. The Balaban J connectivity index is 1.54. The first-order chi connectivity index (χ1) is 17.0. The molecule has 174 valence electrons. The third-order valence-corrected chi connectivity index (χ3v) is 6.79. The lowest BCUT2D eigenvalue weighted by Crippen LogP contribution is -2.11. The van der Waals surface area contributed by atoms with E-state index in [0.29, 0.717) is 11.6 Å². The van der Waals surface area contributed by atoms with Gasteiger partial charge in [0.15, 0.2) is 5.58 Å². The van der Waals surface area contributed by atoms with Crippen molar-refractivity contribution in [3.05, 3.63) is 95.2 Å². The van der Waals surface area contributed by atoms with E-state index < -0.39 is 5.97 Å². The van der Waals surface area contributed by atoms with Crippen LogP contribution in [0, 0.1) is 6.92 Å². The second-order valence-corrected chi connectivity index (χ2v) is 9.46. The molecule has 0 radical (unpaired) electrons. The third kappa shape index (κ3) is 3.83. The van der Waals surface area contributed by atoms with Crippen molar-refractivity contribution in [2.45, 2.75) is 38.6 Å². The first-order valence-corrected chi connectivity index (χ1v) is 12.0. The van der Waals surface area contributed by atoms with E-state index >= 15 is 0 Å². The number of carboxylic acids is 1. The number of anilines is 1. The number of benzene rings is 3. The average Bonchev–Trinajstić information content (AvgIpc) is 3.65. The highest BCUT2D eigenvalue weighted by atomic mass is 16.4. The number of furan rings is 1. The van der Waals surface area contributed by atoms with Crippen molar-refractivity contribution in [2.24, 2.45) is 0 Å². The number of nitrogens with one attached hydrogen (secondary N) is 1. The van der Waals surface area contributed by atoms with Crippen molar-refractivity contribution in [3.8, 4) is 11.1 Å². The number of aryl methyl sites for hydroxylation is 1. The van der Waals surface area contributed by atoms with Gasteiger partial charge in [-0.15, -0.1) is 0 Å². The molecule has 1 fully saturated rings. The number of fused-ring (bicyclic) bond motifs is 3. The van der Waals surface area contributed by atoms with Gasteiger partial charge in [-0.2, -0.15) is 0 Å². The molecule has 1 saturated carbocycles. The molecule has 1 aliphatic carbocycles. The SMILES string of the molecule is Cc1cc([C@@H](C)Nc2ccccc2C(=O)O)c2oc3c(-c4ccccc4)cc(C4CC4)nc3c2c1. The number of nitrogens with zero attached hydrogens (tertiary/aromatic N) is 1. The molecule has 2 heterocycles. The molecule has 0 aliphatic heterocycles. The van der Waals surface area contributed by atoms with Gasteiger partial charge in [0.05, 0.1) is 11.6 Å². The molecule has 5 heteroatoms. The molecule has 3 aromatic carbocycles. The van der Waals surface area contributed by atoms with Crippen molar-refractivity contribution in [1.82, 2.24) is 4.98 Å². The zero-order valence-corrected chi connectivity index (χ0v) is 19.7.